The van der Waals surface area contributed by atoms with E-state index in [1.165, 1.54) is 17.3 Å². The number of thioether (sulfide) groups is 1. The number of rotatable bonds is 7. The van der Waals surface area contributed by atoms with E-state index in [-0.39, 0.29) is 11.3 Å². The molecule has 1 heterocycles. The Morgan fingerprint density at radius 3 is 2.71 bits per heavy atom. The lowest BCUT2D eigenvalue weighted by atomic mass is 9.71. The van der Waals surface area contributed by atoms with Gasteiger partial charge >= 0.3 is 0 Å². The van der Waals surface area contributed by atoms with Crippen LogP contribution in [0.3, 0.4) is 0 Å². The molecule has 1 aliphatic carbocycles. The van der Waals surface area contributed by atoms with Gasteiger partial charge in [0.25, 0.3) is 0 Å². The standard InChI is InChI=1S/C25H31N3O2S/c1-5-30-21-9-7-20(8-10-21)27-23(29)12-13-31-24-18(16-26)14-17-15-19(25(2,3)4)6-11-22(17)28-24/h7-10,14,19H,5-6,11-13,15H2,1-4H3,(H,27,29). The number of hydrogen-bond donors (Lipinski definition) is 1. The van der Waals surface area contributed by atoms with Gasteiger partial charge in [0.1, 0.15) is 16.8 Å². The molecular weight excluding hydrogens is 406 g/mol. The van der Waals surface area contributed by atoms with Gasteiger partial charge in [-0.3, -0.25) is 4.79 Å². The lowest BCUT2D eigenvalue weighted by molar-refractivity contribution is -0.115. The number of pyridine rings is 1. The van der Waals surface area contributed by atoms with Crippen LogP contribution in [0.5, 0.6) is 5.75 Å². The third kappa shape index (κ3) is 6.24. The van der Waals surface area contributed by atoms with Gasteiger partial charge < -0.3 is 10.1 Å². The van der Waals surface area contributed by atoms with E-state index in [0.29, 0.717) is 30.3 Å². The number of fused-ring (bicyclic) bond motifs is 1. The van der Waals surface area contributed by atoms with Crippen molar-refractivity contribution in [2.75, 3.05) is 17.7 Å². The molecule has 3 rings (SSSR count). The summed E-state index contributed by atoms with van der Waals surface area (Å²) in [4.78, 5) is 17.1. The molecule has 1 aromatic heterocycles. The highest BCUT2D eigenvalue weighted by molar-refractivity contribution is 7.99. The summed E-state index contributed by atoms with van der Waals surface area (Å²) >= 11 is 1.48. The van der Waals surface area contributed by atoms with Gasteiger partial charge in [-0.25, -0.2) is 4.98 Å². The zero-order chi connectivity index (χ0) is 22.4. The van der Waals surface area contributed by atoms with Crippen molar-refractivity contribution >= 4 is 23.4 Å². The minimum Gasteiger partial charge on any atom is -0.494 e. The SMILES string of the molecule is CCOc1ccc(NC(=O)CCSc2nc3c(cc2C#N)CC(C(C)(C)C)CC3)cc1. The fourth-order valence-corrected chi connectivity index (χ4v) is 4.76. The summed E-state index contributed by atoms with van der Waals surface area (Å²) in [6.07, 6.45) is 3.42. The predicted molar refractivity (Wildman–Crippen MR) is 126 cm³/mol. The minimum absolute atomic E-state index is 0.0545. The first kappa shape index (κ1) is 23.1. The summed E-state index contributed by atoms with van der Waals surface area (Å²) in [6.45, 7) is 9.39. The molecule has 0 fully saturated rings. The average Bonchev–Trinajstić information content (AvgIpc) is 2.73. The first-order valence-electron chi connectivity index (χ1n) is 10.9. The predicted octanol–water partition coefficient (Wildman–Crippen LogP) is 5.62. The molecular formula is C25H31N3O2S. The molecule has 1 atom stereocenters. The number of nitrogens with one attached hydrogen (secondary N) is 1. The van der Waals surface area contributed by atoms with E-state index >= 15 is 0 Å². The third-order valence-electron chi connectivity index (χ3n) is 5.71. The molecule has 0 bridgehead atoms. The van der Waals surface area contributed by atoms with Gasteiger partial charge in [-0.15, -0.1) is 11.8 Å². The van der Waals surface area contributed by atoms with Crippen LogP contribution in [0.4, 0.5) is 5.69 Å². The van der Waals surface area contributed by atoms with E-state index in [2.05, 4.69) is 32.2 Å². The lowest BCUT2D eigenvalue weighted by Crippen LogP contribution is -2.27. The number of carbonyl (C=O) groups excluding carboxylic acids is 1. The largest absolute Gasteiger partial charge is 0.494 e. The number of hydrogen-bond acceptors (Lipinski definition) is 5. The van der Waals surface area contributed by atoms with Crippen LogP contribution in [-0.2, 0) is 17.6 Å². The van der Waals surface area contributed by atoms with Crippen molar-refractivity contribution in [3.8, 4) is 11.8 Å². The van der Waals surface area contributed by atoms with Crippen LogP contribution in [-0.4, -0.2) is 23.3 Å². The molecule has 0 spiro atoms. The molecule has 31 heavy (non-hydrogen) atoms. The van der Waals surface area contributed by atoms with E-state index in [0.717, 1.165) is 41.4 Å². The molecule has 0 radical (unpaired) electrons. The normalized spacial score (nSPS) is 15.6. The number of ether oxygens (including phenoxy) is 1. The second-order valence-electron chi connectivity index (χ2n) is 8.97. The highest BCUT2D eigenvalue weighted by Crippen LogP contribution is 2.38. The van der Waals surface area contributed by atoms with Crippen LogP contribution in [0.25, 0.3) is 0 Å². The zero-order valence-electron chi connectivity index (χ0n) is 18.8. The summed E-state index contributed by atoms with van der Waals surface area (Å²) in [5.74, 6) is 1.92. The minimum atomic E-state index is -0.0545. The van der Waals surface area contributed by atoms with Crippen molar-refractivity contribution in [3.63, 3.8) is 0 Å². The van der Waals surface area contributed by atoms with Gasteiger partial charge in [0.15, 0.2) is 0 Å². The van der Waals surface area contributed by atoms with E-state index in [9.17, 15) is 10.1 Å². The first-order valence-corrected chi connectivity index (χ1v) is 11.9. The molecule has 1 unspecified atom stereocenters. The van der Waals surface area contributed by atoms with Gasteiger partial charge in [-0.2, -0.15) is 5.26 Å². The number of amides is 1. The number of nitriles is 1. The van der Waals surface area contributed by atoms with Gasteiger partial charge in [-0.05, 0) is 73.4 Å². The lowest BCUT2D eigenvalue weighted by Gasteiger charge is -2.34. The topological polar surface area (TPSA) is 75.0 Å². The quantitative estimate of drug-likeness (QED) is 0.569. The maximum absolute atomic E-state index is 12.3. The van der Waals surface area contributed by atoms with Crippen LogP contribution in [0.15, 0.2) is 35.4 Å². The Kier molecular flexibility index (Phi) is 7.61. The molecule has 5 nitrogen and oxygen atoms in total. The molecule has 1 N–H and O–H groups in total. The summed E-state index contributed by atoms with van der Waals surface area (Å²) < 4.78 is 5.41. The monoisotopic (exact) mass is 437 g/mol. The molecule has 2 aromatic rings. The van der Waals surface area contributed by atoms with E-state index in [1.807, 2.05) is 37.3 Å². The Morgan fingerprint density at radius 2 is 2.06 bits per heavy atom. The Bertz CT molecular complexity index is 958. The van der Waals surface area contributed by atoms with Crippen molar-refractivity contribution in [3.05, 3.63) is 47.2 Å². The Morgan fingerprint density at radius 1 is 1.32 bits per heavy atom. The van der Waals surface area contributed by atoms with E-state index in [4.69, 9.17) is 9.72 Å². The number of aromatic nitrogens is 1. The van der Waals surface area contributed by atoms with Crippen molar-refractivity contribution < 1.29 is 9.53 Å². The first-order chi connectivity index (χ1) is 14.8. The van der Waals surface area contributed by atoms with Crippen LogP contribution < -0.4 is 10.1 Å². The Balaban J connectivity index is 1.57. The number of aryl methyl sites for hydroxylation is 1. The van der Waals surface area contributed by atoms with Crippen molar-refractivity contribution in [1.82, 2.24) is 4.98 Å². The fourth-order valence-electron chi connectivity index (χ4n) is 3.84. The summed E-state index contributed by atoms with van der Waals surface area (Å²) in [6, 6.07) is 11.7. The highest BCUT2D eigenvalue weighted by Gasteiger charge is 2.30. The van der Waals surface area contributed by atoms with E-state index in [1.54, 1.807) is 0 Å². The van der Waals surface area contributed by atoms with Crippen LogP contribution in [0.1, 0.15) is 57.4 Å². The van der Waals surface area contributed by atoms with Gasteiger partial charge in [0, 0.05) is 23.6 Å². The van der Waals surface area contributed by atoms with Gasteiger partial charge in [-0.1, -0.05) is 20.8 Å². The summed E-state index contributed by atoms with van der Waals surface area (Å²) in [7, 11) is 0. The molecule has 1 aliphatic rings. The van der Waals surface area contributed by atoms with Crippen molar-refractivity contribution in [2.45, 2.75) is 58.4 Å². The molecule has 1 amide bonds. The smallest absolute Gasteiger partial charge is 0.225 e. The van der Waals surface area contributed by atoms with E-state index < -0.39 is 0 Å². The summed E-state index contributed by atoms with van der Waals surface area (Å²) in [5, 5.41) is 13.3. The van der Waals surface area contributed by atoms with Gasteiger partial charge in [0.05, 0.1) is 12.2 Å². The van der Waals surface area contributed by atoms with Crippen LogP contribution >= 0.6 is 11.8 Å². The number of carbonyl (C=O) groups is 1. The fraction of sp³-hybridized carbons (Fsp3) is 0.480. The number of anilines is 1. The summed E-state index contributed by atoms with van der Waals surface area (Å²) in [5.41, 5.74) is 3.94. The Hall–Kier alpha value is -2.52. The zero-order valence-corrected chi connectivity index (χ0v) is 19.6. The van der Waals surface area contributed by atoms with Crippen LogP contribution in [0.2, 0.25) is 0 Å². The number of nitrogens with zero attached hydrogens (tertiary/aromatic N) is 2. The van der Waals surface area contributed by atoms with Crippen molar-refractivity contribution in [2.24, 2.45) is 11.3 Å². The molecule has 164 valence electrons. The Labute approximate surface area is 189 Å². The van der Waals surface area contributed by atoms with Crippen molar-refractivity contribution in [1.29, 1.82) is 5.26 Å². The second-order valence-corrected chi connectivity index (χ2v) is 10.1. The highest BCUT2D eigenvalue weighted by atomic mass is 32.2. The second kappa shape index (κ2) is 10.2. The third-order valence-corrected chi connectivity index (χ3v) is 6.71. The molecule has 6 heteroatoms. The molecule has 0 saturated heterocycles. The average molecular weight is 438 g/mol. The molecule has 0 aliphatic heterocycles. The van der Waals surface area contributed by atoms with Crippen LogP contribution in [0, 0.1) is 22.7 Å². The van der Waals surface area contributed by atoms with Gasteiger partial charge in [0.2, 0.25) is 5.91 Å². The molecule has 1 aromatic carbocycles. The number of benzene rings is 1. The maximum atomic E-state index is 12.3. The molecule has 0 saturated carbocycles. The maximum Gasteiger partial charge on any atom is 0.225 e.